The molecule has 1 N–H and O–H groups in total. The molecule has 37 heavy (non-hydrogen) atoms. The third-order valence-electron chi connectivity index (χ3n) is 5.62. The summed E-state index contributed by atoms with van der Waals surface area (Å²) in [5.41, 5.74) is 2.78. The van der Waals surface area contributed by atoms with E-state index in [2.05, 4.69) is 12.1 Å². The SMILES string of the molecule is Cc1cc(S[C@H](Cc2ccccc2)c2sc(-c3ccc(C(F)(F)F)cc3)nc2C)ccc1OCC(=O)O. The van der Waals surface area contributed by atoms with Gasteiger partial charge in [0.25, 0.3) is 0 Å². The van der Waals surface area contributed by atoms with Crippen molar-refractivity contribution in [3.8, 4) is 16.3 Å². The van der Waals surface area contributed by atoms with Crippen LogP contribution in [0, 0.1) is 13.8 Å². The van der Waals surface area contributed by atoms with Crippen molar-refractivity contribution in [2.45, 2.75) is 36.6 Å². The van der Waals surface area contributed by atoms with Crippen LogP contribution in [0.4, 0.5) is 13.2 Å². The van der Waals surface area contributed by atoms with Gasteiger partial charge < -0.3 is 9.84 Å². The summed E-state index contributed by atoms with van der Waals surface area (Å²) < 4.78 is 44.3. The van der Waals surface area contributed by atoms with Crippen LogP contribution >= 0.6 is 23.1 Å². The molecule has 0 aliphatic heterocycles. The zero-order valence-corrected chi connectivity index (χ0v) is 21.7. The van der Waals surface area contributed by atoms with Crippen molar-refractivity contribution in [1.29, 1.82) is 0 Å². The van der Waals surface area contributed by atoms with Gasteiger partial charge in [-0.2, -0.15) is 13.2 Å². The number of carboxylic acids is 1. The minimum absolute atomic E-state index is 0.00767. The Labute approximate surface area is 221 Å². The topological polar surface area (TPSA) is 59.4 Å². The van der Waals surface area contributed by atoms with Gasteiger partial charge >= 0.3 is 12.1 Å². The summed E-state index contributed by atoms with van der Waals surface area (Å²) in [5, 5.41) is 9.56. The second-order valence-electron chi connectivity index (χ2n) is 8.45. The molecule has 0 spiro atoms. The Hall–Kier alpha value is -3.30. The molecule has 0 radical (unpaired) electrons. The number of halogens is 3. The molecule has 9 heteroatoms. The minimum Gasteiger partial charge on any atom is -0.482 e. The van der Waals surface area contributed by atoms with Gasteiger partial charge in [-0.25, -0.2) is 9.78 Å². The maximum absolute atomic E-state index is 13.0. The molecule has 0 fully saturated rings. The van der Waals surface area contributed by atoms with Crippen LogP contribution in [0.5, 0.6) is 5.75 Å². The second-order valence-corrected chi connectivity index (χ2v) is 10.8. The van der Waals surface area contributed by atoms with Crippen molar-refractivity contribution in [2.75, 3.05) is 6.61 Å². The number of hydrogen-bond acceptors (Lipinski definition) is 5. The molecule has 192 valence electrons. The lowest BCUT2D eigenvalue weighted by molar-refractivity contribution is -0.139. The first kappa shape index (κ1) is 26.8. The molecule has 0 bridgehead atoms. The molecule has 1 aromatic heterocycles. The van der Waals surface area contributed by atoms with Crippen LogP contribution in [0.15, 0.2) is 77.7 Å². The Morgan fingerprint density at radius 2 is 1.76 bits per heavy atom. The summed E-state index contributed by atoms with van der Waals surface area (Å²) in [4.78, 5) is 17.6. The van der Waals surface area contributed by atoms with E-state index in [1.54, 1.807) is 17.8 Å². The highest BCUT2D eigenvalue weighted by molar-refractivity contribution is 7.99. The van der Waals surface area contributed by atoms with Crippen LogP contribution in [0.25, 0.3) is 10.6 Å². The third-order valence-corrected chi connectivity index (χ3v) is 8.31. The normalized spacial score (nSPS) is 12.4. The highest BCUT2D eigenvalue weighted by Gasteiger charge is 2.30. The number of aromatic nitrogens is 1. The summed E-state index contributed by atoms with van der Waals surface area (Å²) in [6.45, 7) is 3.39. The van der Waals surface area contributed by atoms with E-state index >= 15 is 0 Å². The maximum atomic E-state index is 13.0. The molecule has 3 aromatic carbocycles. The van der Waals surface area contributed by atoms with E-state index in [4.69, 9.17) is 14.8 Å². The molecule has 1 atom stereocenters. The second kappa shape index (κ2) is 11.4. The first-order valence-electron chi connectivity index (χ1n) is 11.4. The number of benzene rings is 3. The molecule has 0 aliphatic rings. The van der Waals surface area contributed by atoms with Gasteiger partial charge in [0.2, 0.25) is 0 Å². The van der Waals surface area contributed by atoms with Gasteiger partial charge in [-0.3, -0.25) is 0 Å². The van der Waals surface area contributed by atoms with Crippen molar-refractivity contribution >= 4 is 29.1 Å². The molecule has 4 aromatic rings. The Bertz CT molecular complexity index is 1370. The van der Waals surface area contributed by atoms with Crippen LogP contribution in [-0.4, -0.2) is 22.7 Å². The molecule has 0 amide bonds. The predicted octanol–water partition coefficient (Wildman–Crippen LogP) is 7.99. The fraction of sp³-hybridized carbons (Fsp3) is 0.214. The van der Waals surface area contributed by atoms with Crippen LogP contribution in [0.2, 0.25) is 0 Å². The molecule has 0 aliphatic carbocycles. The Kier molecular flexibility index (Phi) is 8.24. The van der Waals surface area contributed by atoms with E-state index in [-0.39, 0.29) is 5.25 Å². The van der Waals surface area contributed by atoms with Crippen LogP contribution in [-0.2, 0) is 17.4 Å². The summed E-state index contributed by atoms with van der Waals surface area (Å²) in [7, 11) is 0. The van der Waals surface area contributed by atoms with Gasteiger partial charge in [0.1, 0.15) is 10.8 Å². The third kappa shape index (κ3) is 6.93. The maximum Gasteiger partial charge on any atom is 0.416 e. The predicted molar refractivity (Wildman–Crippen MR) is 140 cm³/mol. The minimum atomic E-state index is -4.38. The number of aryl methyl sites for hydroxylation is 2. The highest BCUT2D eigenvalue weighted by atomic mass is 32.2. The molecule has 4 nitrogen and oxygen atoms in total. The molecule has 0 saturated heterocycles. The van der Waals surface area contributed by atoms with Gasteiger partial charge in [-0.1, -0.05) is 42.5 Å². The fourth-order valence-electron chi connectivity index (χ4n) is 3.81. The zero-order chi connectivity index (χ0) is 26.6. The van der Waals surface area contributed by atoms with Crippen molar-refractivity contribution < 1.29 is 27.8 Å². The van der Waals surface area contributed by atoms with Crippen molar-refractivity contribution in [2.24, 2.45) is 0 Å². The molecular formula is C28H24F3NO3S2. The number of thioether (sulfide) groups is 1. The lowest BCUT2D eigenvalue weighted by Gasteiger charge is -2.17. The fourth-order valence-corrected chi connectivity index (χ4v) is 6.42. The average molecular weight is 544 g/mol. The number of carboxylic acid groups (broad SMARTS) is 1. The number of carbonyl (C=O) groups is 1. The Morgan fingerprint density at radius 1 is 1.05 bits per heavy atom. The molecule has 1 heterocycles. The monoisotopic (exact) mass is 543 g/mol. The summed E-state index contributed by atoms with van der Waals surface area (Å²) >= 11 is 3.15. The Morgan fingerprint density at radius 3 is 2.38 bits per heavy atom. The van der Waals surface area contributed by atoms with Crippen LogP contribution in [0.3, 0.4) is 0 Å². The first-order chi connectivity index (χ1) is 17.6. The average Bonchev–Trinajstić information content (AvgIpc) is 3.25. The van der Waals surface area contributed by atoms with Gasteiger partial charge in [0.05, 0.1) is 11.3 Å². The highest BCUT2D eigenvalue weighted by Crippen LogP contribution is 2.44. The lowest BCUT2D eigenvalue weighted by atomic mass is 10.1. The Balaban J connectivity index is 1.63. The zero-order valence-electron chi connectivity index (χ0n) is 20.1. The summed E-state index contributed by atoms with van der Waals surface area (Å²) in [5.74, 6) is -0.518. The van der Waals surface area contributed by atoms with Gasteiger partial charge in [0, 0.05) is 20.6 Å². The van der Waals surface area contributed by atoms with Crippen molar-refractivity contribution in [1.82, 2.24) is 4.98 Å². The van der Waals surface area contributed by atoms with Crippen LogP contribution < -0.4 is 4.74 Å². The van der Waals surface area contributed by atoms with Crippen molar-refractivity contribution in [3.63, 3.8) is 0 Å². The van der Waals surface area contributed by atoms with E-state index in [0.717, 1.165) is 45.1 Å². The van der Waals surface area contributed by atoms with Crippen LogP contribution in [0.1, 0.15) is 32.5 Å². The number of hydrogen-bond donors (Lipinski definition) is 1. The van der Waals surface area contributed by atoms with E-state index in [1.807, 2.05) is 44.2 Å². The molecule has 0 saturated carbocycles. The summed E-state index contributed by atoms with van der Waals surface area (Å²) in [6, 6.07) is 20.8. The quantitative estimate of drug-likeness (QED) is 0.217. The van der Waals surface area contributed by atoms with E-state index in [9.17, 15) is 18.0 Å². The van der Waals surface area contributed by atoms with E-state index < -0.39 is 24.3 Å². The van der Waals surface area contributed by atoms with Gasteiger partial charge in [-0.05, 0) is 61.7 Å². The largest absolute Gasteiger partial charge is 0.482 e. The van der Waals surface area contributed by atoms with E-state index in [0.29, 0.717) is 16.3 Å². The lowest BCUT2D eigenvalue weighted by Crippen LogP contribution is -2.10. The number of aliphatic carboxylic acids is 1. The standard InChI is InChI=1S/C28H24F3NO3S2/c1-17-14-22(12-13-23(17)35-16-25(33)34)36-24(15-19-6-4-3-5-7-19)26-18(2)32-27(37-26)20-8-10-21(11-9-20)28(29,30)31/h3-14,24H,15-16H2,1-2H3,(H,33,34)/t24-/m1/s1. The summed E-state index contributed by atoms with van der Waals surface area (Å²) in [6.07, 6.45) is -3.65. The van der Waals surface area contributed by atoms with E-state index in [1.165, 1.54) is 23.5 Å². The molecule has 0 unspecified atom stereocenters. The number of alkyl halides is 3. The van der Waals surface area contributed by atoms with Gasteiger partial charge in [-0.15, -0.1) is 23.1 Å². The number of nitrogens with zero attached hydrogens (tertiary/aromatic N) is 1. The smallest absolute Gasteiger partial charge is 0.416 e. The first-order valence-corrected chi connectivity index (χ1v) is 13.1. The number of ether oxygens (including phenoxy) is 1. The number of rotatable bonds is 9. The van der Waals surface area contributed by atoms with Gasteiger partial charge in [0.15, 0.2) is 6.61 Å². The number of thiazole rings is 1. The van der Waals surface area contributed by atoms with Crippen molar-refractivity contribution in [3.05, 3.63) is 100 Å². The molecule has 4 rings (SSSR count). The molecular weight excluding hydrogens is 519 g/mol.